The number of hydrogen-bond acceptors (Lipinski definition) is 6. The average molecular weight is 304 g/mol. The van der Waals surface area contributed by atoms with E-state index in [4.69, 9.17) is 10.3 Å². The molecule has 1 aromatic carbocycles. The summed E-state index contributed by atoms with van der Waals surface area (Å²) in [5.41, 5.74) is 8.05. The van der Waals surface area contributed by atoms with Crippen molar-refractivity contribution in [2.24, 2.45) is 5.73 Å². The van der Waals surface area contributed by atoms with Crippen molar-refractivity contribution in [3.05, 3.63) is 47.1 Å². The normalized spacial score (nSPS) is 19.8. The average Bonchev–Trinajstić information content (AvgIpc) is 2.96. The molecule has 1 aliphatic heterocycles. The van der Waals surface area contributed by atoms with E-state index in [9.17, 15) is 0 Å². The van der Waals surface area contributed by atoms with Crippen LogP contribution in [0.3, 0.4) is 0 Å². The van der Waals surface area contributed by atoms with Crippen LogP contribution >= 0.6 is 11.8 Å². The van der Waals surface area contributed by atoms with Gasteiger partial charge in [0.25, 0.3) is 0 Å². The van der Waals surface area contributed by atoms with Crippen LogP contribution in [-0.4, -0.2) is 40.1 Å². The summed E-state index contributed by atoms with van der Waals surface area (Å²) >= 11 is 1.94. The number of aromatic nitrogens is 2. The molecule has 1 fully saturated rings. The van der Waals surface area contributed by atoms with Crippen molar-refractivity contribution >= 4 is 11.8 Å². The molecule has 0 amide bonds. The molecular formula is C15H20N4OS. The van der Waals surface area contributed by atoms with Crippen LogP contribution in [0.5, 0.6) is 0 Å². The van der Waals surface area contributed by atoms with Crippen LogP contribution in [0.25, 0.3) is 0 Å². The van der Waals surface area contributed by atoms with Gasteiger partial charge in [0.05, 0.1) is 12.5 Å². The highest BCUT2D eigenvalue weighted by Gasteiger charge is 2.25. The molecule has 1 aliphatic rings. The summed E-state index contributed by atoms with van der Waals surface area (Å²) in [5.74, 6) is 3.65. The number of nitrogens with two attached hydrogens (primary N) is 1. The first-order valence-corrected chi connectivity index (χ1v) is 8.30. The molecule has 0 aliphatic carbocycles. The van der Waals surface area contributed by atoms with E-state index in [0.29, 0.717) is 18.9 Å². The largest absolute Gasteiger partial charge is 0.339 e. The molecule has 0 bridgehead atoms. The minimum atomic E-state index is 0.256. The maximum Gasteiger partial charge on any atom is 0.231 e. The van der Waals surface area contributed by atoms with Crippen molar-refractivity contribution in [3.63, 3.8) is 0 Å². The summed E-state index contributed by atoms with van der Waals surface area (Å²) in [6, 6.07) is 8.37. The summed E-state index contributed by atoms with van der Waals surface area (Å²) in [7, 11) is 2.12. The summed E-state index contributed by atoms with van der Waals surface area (Å²) in [6.07, 6.45) is 0.643. The molecule has 0 saturated carbocycles. The van der Waals surface area contributed by atoms with Crippen LogP contribution in [0.15, 0.2) is 28.8 Å². The van der Waals surface area contributed by atoms with Gasteiger partial charge in [-0.2, -0.15) is 16.7 Å². The van der Waals surface area contributed by atoms with Gasteiger partial charge in [-0.25, -0.2) is 0 Å². The highest BCUT2D eigenvalue weighted by molar-refractivity contribution is 7.99. The van der Waals surface area contributed by atoms with E-state index in [1.165, 1.54) is 5.75 Å². The van der Waals surface area contributed by atoms with Gasteiger partial charge in [-0.05, 0) is 18.2 Å². The molecule has 21 heavy (non-hydrogen) atoms. The molecule has 3 rings (SSSR count). The Morgan fingerprint density at radius 3 is 2.95 bits per heavy atom. The van der Waals surface area contributed by atoms with E-state index < -0.39 is 0 Å². The lowest BCUT2D eigenvalue weighted by atomic mass is 10.0. The highest BCUT2D eigenvalue weighted by atomic mass is 32.2. The molecule has 112 valence electrons. The molecule has 1 unspecified atom stereocenters. The molecule has 2 N–H and O–H groups in total. The van der Waals surface area contributed by atoms with E-state index in [1.807, 2.05) is 30.0 Å². The Bertz CT molecular complexity index is 601. The van der Waals surface area contributed by atoms with E-state index in [-0.39, 0.29) is 6.04 Å². The molecule has 0 radical (unpaired) electrons. The van der Waals surface area contributed by atoms with Crippen LogP contribution in [0.2, 0.25) is 0 Å². The van der Waals surface area contributed by atoms with Crippen molar-refractivity contribution in [1.82, 2.24) is 15.0 Å². The van der Waals surface area contributed by atoms with E-state index in [0.717, 1.165) is 29.2 Å². The van der Waals surface area contributed by atoms with Crippen LogP contribution in [-0.2, 0) is 13.0 Å². The van der Waals surface area contributed by atoms with Gasteiger partial charge >= 0.3 is 0 Å². The Kier molecular flexibility index (Phi) is 4.57. The number of rotatable bonds is 4. The summed E-state index contributed by atoms with van der Waals surface area (Å²) in [6.45, 7) is 1.59. The molecule has 2 aromatic rings. The van der Waals surface area contributed by atoms with E-state index >= 15 is 0 Å². The summed E-state index contributed by atoms with van der Waals surface area (Å²) < 4.78 is 5.43. The number of thioether (sulfide) groups is 1. The second-order valence-electron chi connectivity index (χ2n) is 5.27. The summed E-state index contributed by atoms with van der Waals surface area (Å²) in [4.78, 5) is 6.87. The fraction of sp³-hybridized carbons (Fsp3) is 0.467. The van der Waals surface area contributed by atoms with Crippen molar-refractivity contribution < 1.29 is 4.52 Å². The lowest BCUT2D eigenvalue weighted by Gasteiger charge is -2.29. The Labute approximate surface area is 128 Å². The van der Waals surface area contributed by atoms with Gasteiger partial charge in [-0.3, -0.25) is 4.90 Å². The quantitative estimate of drug-likeness (QED) is 0.929. The van der Waals surface area contributed by atoms with Gasteiger partial charge in [0.1, 0.15) is 0 Å². The lowest BCUT2D eigenvalue weighted by molar-refractivity contribution is 0.256. The Hall–Kier alpha value is -1.37. The lowest BCUT2D eigenvalue weighted by Crippen LogP contribution is -2.33. The first kappa shape index (κ1) is 14.6. The van der Waals surface area contributed by atoms with E-state index in [1.54, 1.807) is 0 Å². The van der Waals surface area contributed by atoms with Crippen LogP contribution in [0.4, 0.5) is 0 Å². The topological polar surface area (TPSA) is 68.2 Å². The maximum atomic E-state index is 5.77. The van der Waals surface area contributed by atoms with Crippen LogP contribution in [0, 0.1) is 0 Å². The molecule has 1 aromatic heterocycles. The zero-order valence-corrected chi connectivity index (χ0v) is 13.0. The first-order valence-electron chi connectivity index (χ1n) is 7.15. The number of nitrogens with zero attached hydrogens (tertiary/aromatic N) is 3. The predicted molar refractivity (Wildman–Crippen MR) is 84.1 cm³/mol. The SMILES string of the molecule is CN1CCSCC1c1noc(Cc2ccccc2CN)n1. The smallest absolute Gasteiger partial charge is 0.231 e. The predicted octanol–water partition coefficient (Wildman–Crippen LogP) is 1.84. The van der Waals surface area contributed by atoms with Gasteiger partial charge in [0.2, 0.25) is 5.89 Å². The third-order valence-corrected chi connectivity index (χ3v) is 4.88. The second-order valence-corrected chi connectivity index (χ2v) is 6.42. The summed E-state index contributed by atoms with van der Waals surface area (Å²) in [5, 5.41) is 4.17. The Balaban J connectivity index is 1.76. The van der Waals surface area contributed by atoms with Crippen molar-refractivity contribution in [2.75, 3.05) is 25.1 Å². The molecule has 6 heteroatoms. The zero-order chi connectivity index (χ0) is 14.7. The van der Waals surface area contributed by atoms with Crippen molar-refractivity contribution in [3.8, 4) is 0 Å². The Morgan fingerprint density at radius 1 is 1.38 bits per heavy atom. The minimum Gasteiger partial charge on any atom is -0.339 e. The highest BCUT2D eigenvalue weighted by Crippen LogP contribution is 2.26. The maximum absolute atomic E-state index is 5.77. The van der Waals surface area contributed by atoms with Gasteiger partial charge in [0, 0.05) is 24.6 Å². The number of hydrogen-bond donors (Lipinski definition) is 1. The molecule has 0 spiro atoms. The second kappa shape index (κ2) is 6.60. The molecular weight excluding hydrogens is 284 g/mol. The van der Waals surface area contributed by atoms with Gasteiger partial charge in [0.15, 0.2) is 5.82 Å². The van der Waals surface area contributed by atoms with E-state index in [2.05, 4.69) is 28.2 Å². The molecule has 2 heterocycles. The molecule has 1 saturated heterocycles. The monoisotopic (exact) mass is 304 g/mol. The zero-order valence-electron chi connectivity index (χ0n) is 12.2. The van der Waals surface area contributed by atoms with Gasteiger partial charge < -0.3 is 10.3 Å². The van der Waals surface area contributed by atoms with Crippen LogP contribution in [0.1, 0.15) is 28.9 Å². The Morgan fingerprint density at radius 2 is 2.19 bits per heavy atom. The van der Waals surface area contributed by atoms with Crippen molar-refractivity contribution in [1.29, 1.82) is 0 Å². The molecule has 5 nitrogen and oxygen atoms in total. The van der Waals surface area contributed by atoms with Crippen molar-refractivity contribution in [2.45, 2.75) is 19.0 Å². The van der Waals surface area contributed by atoms with Crippen LogP contribution < -0.4 is 5.73 Å². The minimum absolute atomic E-state index is 0.256. The van der Waals surface area contributed by atoms with Gasteiger partial charge in [-0.15, -0.1) is 0 Å². The standard InChI is InChI=1S/C15H20N4OS/c1-19-6-7-21-10-13(19)15-17-14(20-18-15)8-11-4-2-3-5-12(11)9-16/h2-5,13H,6-10,16H2,1H3. The first-order chi connectivity index (χ1) is 10.3. The fourth-order valence-electron chi connectivity index (χ4n) is 2.53. The number of benzene rings is 1. The fourth-order valence-corrected chi connectivity index (χ4v) is 3.74. The third kappa shape index (κ3) is 3.28. The van der Waals surface area contributed by atoms with Gasteiger partial charge in [-0.1, -0.05) is 29.4 Å². The third-order valence-electron chi connectivity index (χ3n) is 3.86. The molecule has 1 atom stereocenters.